The number of unbranched alkanes of at least 4 members (excludes halogenated alkanes) is 9. The zero-order chi connectivity index (χ0) is 78.6. The second kappa shape index (κ2) is 38.8. The number of ether oxygens (including phenoxy) is 2. The Morgan fingerprint density at radius 3 is 1.81 bits per heavy atom. The molecule has 4 saturated heterocycles. The summed E-state index contributed by atoms with van der Waals surface area (Å²) in [5.41, 5.74) is 6.28. The van der Waals surface area contributed by atoms with E-state index in [2.05, 4.69) is 39.7 Å². The molecule has 0 unspecified atom stereocenters. The number of carboxylic acid groups (broad SMARTS) is 1. The van der Waals surface area contributed by atoms with Crippen molar-refractivity contribution in [2.75, 3.05) is 64.2 Å². The van der Waals surface area contributed by atoms with Gasteiger partial charge in [-0.3, -0.25) is 52.7 Å². The zero-order valence-corrected chi connectivity index (χ0v) is 63.0. The molecule has 11 N–H and O–H groups in total. The minimum atomic E-state index is -1.62. The lowest BCUT2D eigenvalue weighted by Crippen LogP contribution is -2.60. The predicted octanol–water partition coefficient (Wildman–Crippen LogP) is 5.22. The lowest BCUT2D eigenvalue weighted by Gasteiger charge is -2.36. The van der Waals surface area contributed by atoms with E-state index < -0.39 is 133 Å². The third-order valence-electron chi connectivity index (χ3n) is 21.0. The summed E-state index contributed by atoms with van der Waals surface area (Å²) >= 11 is 5.69. The fourth-order valence-electron chi connectivity index (χ4n) is 15.5. The fraction of sp³-hybridized carbons (Fsp3) is 0.551. The molecule has 8 atom stereocenters. The van der Waals surface area contributed by atoms with Crippen molar-refractivity contribution in [1.82, 2.24) is 50.7 Å². The van der Waals surface area contributed by atoms with Crippen molar-refractivity contribution in [3.05, 3.63) is 102 Å². The molecule has 3 aromatic carbocycles. The van der Waals surface area contributed by atoms with Crippen molar-refractivity contribution in [2.45, 2.75) is 216 Å². The average molecular weight is 1530 g/mol. The number of anilines is 1. The number of likely N-dealkylation sites (tertiary alicyclic amines) is 4. The number of nitrogens with two attached hydrogens (primary N) is 1. The zero-order valence-electron chi connectivity index (χ0n) is 62.2. The molecule has 6 aliphatic rings. The molecule has 109 heavy (non-hydrogen) atoms. The summed E-state index contributed by atoms with van der Waals surface area (Å²) in [4.78, 5) is 174. The highest BCUT2D eigenvalue weighted by molar-refractivity contribution is 7.80. The molecule has 10 amide bonds. The van der Waals surface area contributed by atoms with E-state index in [1.807, 2.05) is 6.08 Å². The van der Waals surface area contributed by atoms with Crippen LogP contribution in [0.2, 0.25) is 0 Å². The van der Waals surface area contributed by atoms with Crippen LogP contribution in [0.1, 0.15) is 189 Å². The van der Waals surface area contributed by atoms with Crippen LogP contribution in [0, 0.1) is 0 Å². The van der Waals surface area contributed by atoms with E-state index in [4.69, 9.17) is 27.4 Å². The van der Waals surface area contributed by atoms with E-state index in [1.54, 1.807) is 41.3 Å². The van der Waals surface area contributed by atoms with Crippen LogP contribution in [0.5, 0.6) is 23.0 Å². The maximum absolute atomic E-state index is 14.8. The fourth-order valence-corrected chi connectivity index (χ4v) is 15.7. The van der Waals surface area contributed by atoms with Crippen molar-refractivity contribution >= 4 is 94.0 Å². The van der Waals surface area contributed by atoms with Gasteiger partial charge in [-0.15, -0.1) is 13.2 Å². The van der Waals surface area contributed by atoms with Crippen molar-refractivity contribution in [3.8, 4) is 23.0 Å². The van der Waals surface area contributed by atoms with E-state index in [9.17, 15) is 78.0 Å². The van der Waals surface area contributed by atoms with Gasteiger partial charge in [0.25, 0.3) is 0 Å². The molecule has 0 aliphatic carbocycles. The Morgan fingerprint density at radius 2 is 1.20 bits per heavy atom. The number of carboxylic acids is 1. The molecule has 3 aromatic rings. The SMILES string of the molecule is C=CCCCCCCN(CC(N)=O)C(=O)[C@H](CCC(=O)O)NC(=O)[C@@H]1CCCN1C(=O)[C@@H]1CCCN1C(=O)[C@H](C)NC(=O)[C@@H](NC(=O)[C@@H]1CCCN1C(=O)CN(CCCCCCC=C)C(=O)[C@@H]1CCCN1C(=O)CCCCNC(=S)Nc1ccc2c(c1)C1(OC2=O)c2ccc(O)cc2Oc2cc(O)ccc21)[C@@H](C)O. The second-order valence-electron chi connectivity index (χ2n) is 28.9. The summed E-state index contributed by atoms with van der Waals surface area (Å²) in [6, 6.07) is 5.69. The standard InChI is InChI=1S/C78H104N12O18S/c1-5-7-9-11-13-17-37-85(46-64(79)94)73(103)57(34-35-67(97)98)83-69(99)59-24-20-41-89(59)75(105)61-26-22-42-90(61)72(102)48(3)81-71(101)68(49(4)91)84-70(100)58-23-19-39-87(58)66(96)47-86(38-18-14-12-10-8-6-2)74(104)60-25-21-40-88(60)65(95)27-15-16-36-80-77(109)82-50-28-31-53-56(43-50)78(108-76(53)106)54-32-29-51(92)44-62(54)107-63-45-52(93)30-33-55(63)78/h5-6,28-33,43-45,48-49,57-61,68,91-93H,1-2,7-27,34-42,46-47H2,3-4H3,(H2,79,94)(H,81,101)(H,83,99)(H,84,100)(H,97,98)(H2,80,82,109)/t48-,49+,57-,58-,59-,60-,61-,68-/m0/s1. The summed E-state index contributed by atoms with van der Waals surface area (Å²) in [7, 11) is 0. The number of hydrogen-bond donors (Lipinski definition) is 10. The Kier molecular flexibility index (Phi) is 29.5. The van der Waals surface area contributed by atoms with Crippen LogP contribution in [0.4, 0.5) is 5.69 Å². The number of rotatable bonds is 38. The summed E-state index contributed by atoms with van der Waals surface area (Å²) in [6.07, 6.45) is 12.8. The number of benzene rings is 3. The number of phenols is 2. The Labute approximate surface area is 639 Å². The number of primary amides is 1. The molecule has 31 heteroatoms. The number of phenolic OH excluding ortho intramolecular Hbond substituents is 2. The third-order valence-corrected chi connectivity index (χ3v) is 21.3. The minimum absolute atomic E-state index is 0.0746. The van der Waals surface area contributed by atoms with Gasteiger partial charge in [-0.05, 0) is 178 Å². The molecule has 0 radical (unpaired) electrons. The first-order chi connectivity index (χ1) is 52.3. The van der Waals surface area contributed by atoms with Crippen LogP contribution in [0.25, 0.3) is 0 Å². The van der Waals surface area contributed by atoms with Gasteiger partial charge in [0.1, 0.15) is 65.3 Å². The summed E-state index contributed by atoms with van der Waals surface area (Å²) in [6.45, 7) is 10.8. The molecule has 9 rings (SSSR count). The molecule has 30 nitrogen and oxygen atoms in total. The van der Waals surface area contributed by atoms with Crippen molar-refractivity contribution in [3.63, 3.8) is 0 Å². The second-order valence-corrected chi connectivity index (χ2v) is 29.3. The maximum atomic E-state index is 14.8. The van der Waals surface area contributed by atoms with Gasteiger partial charge in [-0.2, -0.15) is 0 Å². The van der Waals surface area contributed by atoms with Crippen LogP contribution in [-0.4, -0.2) is 233 Å². The molecule has 6 heterocycles. The Balaban J connectivity index is 0.764. The van der Waals surface area contributed by atoms with Crippen LogP contribution in [-0.2, 0) is 63.1 Å². The molecule has 0 aromatic heterocycles. The van der Waals surface area contributed by atoms with Crippen molar-refractivity contribution < 1.29 is 87.4 Å². The number of hydrogen-bond acceptors (Lipinski definition) is 18. The van der Waals surface area contributed by atoms with Gasteiger partial charge >= 0.3 is 11.9 Å². The topological polar surface area (TPSA) is 410 Å². The third kappa shape index (κ3) is 20.6. The van der Waals surface area contributed by atoms with Gasteiger partial charge in [0.2, 0.25) is 59.1 Å². The van der Waals surface area contributed by atoms with E-state index in [1.165, 1.54) is 62.6 Å². The molecule has 6 aliphatic heterocycles. The number of aliphatic hydroxyl groups excluding tert-OH is 1. The van der Waals surface area contributed by atoms with Gasteiger partial charge in [-0.1, -0.05) is 37.8 Å². The lowest BCUT2D eigenvalue weighted by molar-refractivity contribution is -0.149. The highest BCUT2D eigenvalue weighted by atomic mass is 32.1. The molecular formula is C78H104N12O18S. The van der Waals surface area contributed by atoms with Crippen LogP contribution < -0.4 is 37.1 Å². The highest BCUT2D eigenvalue weighted by Gasteiger charge is 2.54. The minimum Gasteiger partial charge on any atom is -0.508 e. The number of nitrogens with one attached hydrogen (secondary N) is 5. The monoisotopic (exact) mass is 1530 g/mol. The molecule has 0 saturated carbocycles. The number of fused-ring (bicyclic) bond motifs is 6. The smallest absolute Gasteiger partial charge is 0.340 e. The van der Waals surface area contributed by atoms with Gasteiger partial charge in [-0.25, -0.2) is 4.79 Å². The predicted molar refractivity (Wildman–Crippen MR) is 404 cm³/mol. The first-order valence-corrected chi connectivity index (χ1v) is 38.5. The van der Waals surface area contributed by atoms with E-state index in [-0.39, 0.29) is 105 Å². The Hall–Kier alpha value is -10.2. The van der Waals surface area contributed by atoms with Gasteiger partial charge in [0.05, 0.1) is 24.8 Å². The van der Waals surface area contributed by atoms with Gasteiger partial charge in [0, 0.05) is 93.2 Å². The van der Waals surface area contributed by atoms with Gasteiger partial charge in [0.15, 0.2) is 10.7 Å². The van der Waals surface area contributed by atoms with E-state index in [0.717, 1.165) is 51.4 Å². The quantitative estimate of drug-likeness (QED) is 0.0152. The van der Waals surface area contributed by atoms with Crippen molar-refractivity contribution in [2.24, 2.45) is 5.73 Å². The van der Waals surface area contributed by atoms with E-state index >= 15 is 0 Å². The number of aliphatic hydroxyl groups is 1. The van der Waals surface area contributed by atoms with Crippen LogP contribution in [0.15, 0.2) is 79.9 Å². The van der Waals surface area contributed by atoms with Crippen LogP contribution in [0.3, 0.4) is 0 Å². The number of allylic oxidation sites excluding steroid dienone is 2. The number of aromatic hydroxyl groups is 2. The maximum Gasteiger partial charge on any atom is 0.340 e. The highest BCUT2D eigenvalue weighted by Crippen LogP contribution is 2.57. The lowest BCUT2D eigenvalue weighted by atomic mass is 9.77. The Morgan fingerprint density at radius 1 is 0.642 bits per heavy atom. The number of thiocarbonyl (C=S) groups is 1. The molecule has 0 bridgehead atoms. The van der Waals surface area contributed by atoms with Crippen LogP contribution >= 0.6 is 12.2 Å². The Bertz CT molecular complexity index is 3860. The number of nitrogens with zero attached hydrogens (tertiary/aromatic N) is 6. The number of carbonyl (C=O) groups excluding carboxylic acids is 11. The summed E-state index contributed by atoms with van der Waals surface area (Å²) in [5.74, 6) is -7.72. The number of esters is 1. The number of aliphatic carboxylic acids is 1. The van der Waals surface area contributed by atoms with E-state index in [0.29, 0.717) is 98.8 Å². The molecule has 1 spiro atoms. The first kappa shape index (κ1) is 82.9. The summed E-state index contributed by atoms with van der Waals surface area (Å²) < 4.78 is 12.3. The largest absolute Gasteiger partial charge is 0.508 e. The molecule has 4 fully saturated rings. The number of carbonyl (C=O) groups is 12. The average Bonchev–Trinajstić information content (AvgIpc) is 1.61. The molecule has 590 valence electrons. The number of amides is 10. The summed E-state index contributed by atoms with van der Waals surface area (Å²) in [5, 5.41) is 55.8. The molecular weight excluding hydrogens is 1420 g/mol. The first-order valence-electron chi connectivity index (χ1n) is 38.1. The normalized spacial score (nSPS) is 19.0. The van der Waals surface area contributed by atoms with Crippen molar-refractivity contribution in [1.29, 1.82) is 0 Å². The van der Waals surface area contributed by atoms with Gasteiger partial charge < -0.3 is 91.6 Å².